The number of ether oxygens (including phenoxy) is 2. The zero-order valence-electron chi connectivity index (χ0n) is 28.9. The molecule has 1 fully saturated rings. The Kier molecular flexibility index (Phi) is 14.2. The summed E-state index contributed by atoms with van der Waals surface area (Å²) >= 11 is 1.70. The van der Waals surface area contributed by atoms with E-state index in [9.17, 15) is 19.5 Å². The van der Waals surface area contributed by atoms with Crippen molar-refractivity contribution in [2.24, 2.45) is 0 Å². The van der Waals surface area contributed by atoms with Gasteiger partial charge in [0.25, 0.3) is 0 Å². The summed E-state index contributed by atoms with van der Waals surface area (Å²) in [5, 5.41) is 24.2. The van der Waals surface area contributed by atoms with Crippen LogP contribution in [0.2, 0.25) is 0 Å². The minimum Gasteiger partial charge on any atom is -0.481 e. The number of hydrogen-bond acceptors (Lipinski definition) is 7. The van der Waals surface area contributed by atoms with Crippen LogP contribution in [0.3, 0.4) is 0 Å². The van der Waals surface area contributed by atoms with E-state index in [1.54, 1.807) is 11.8 Å². The maximum atomic E-state index is 12.5. The second-order valence-electron chi connectivity index (χ2n) is 12.7. The van der Waals surface area contributed by atoms with E-state index in [0.717, 1.165) is 63.2 Å². The van der Waals surface area contributed by atoms with E-state index in [-0.39, 0.29) is 37.0 Å². The smallest absolute Gasteiger partial charge is 0.303 e. The van der Waals surface area contributed by atoms with E-state index in [0.29, 0.717) is 31.6 Å². The largest absolute Gasteiger partial charge is 0.481 e. The van der Waals surface area contributed by atoms with Crippen molar-refractivity contribution >= 4 is 35.2 Å². The number of carbonyl (C=O) groups is 3. The first-order valence-corrected chi connectivity index (χ1v) is 18.4. The average Bonchev–Trinajstić information content (AvgIpc) is 3.15. The van der Waals surface area contributed by atoms with Gasteiger partial charge in [-0.1, -0.05) is 85.6 Å². The fourth-order valence-electron chi connectivity index (χ4n) is 6.02. The molecule has 0 aliphatic carbocycles. The van der Waals surface area contributed by atoms with Crippen molar-refractivity contribution in [2.45, 2.75) is 88.4 Å². The Labute approximate surface area is 303 Å². The van der Waals surface area contributed by atoms with Gasteiger partial charge in [0.15, 0.2) is 6.29 Å². The number of benzene rings is 4. The minimum atomic E-state index is -0.782. The first-order chi connectivity index (χ1) is 24.8. The predicted octanol–water partition coefficient (Wildman–Crippen LogP) is 8.18. The van der Waals surface area contributed by atoms with Gasteiger partial charge in [0, 0.05) is 54.6 Å². The van der Waals surface area contributed by atoms with Crippen LogP contribution >= 0.6 is 11.8 Å². The van der Waals surface area contributed by atoms with Crippen LogP contribution in [0.5, 0.6) is 0 Å². The molecule has 0 spiro atoms. The number of carboxylic acids is 1. The molecular formula is C41H46N2O7S. The zero-order valence-corrected chi connectivity index (χ0v) is 29.7. The number of aliphatic hydroxyl groups excluding tert-OH is 1. The molecule has 2 amide bonds. The van der Waals surface area contributed by atoms with E-state index in [2.05, 4.69) is 28.8 Å². The molecule has 4 aromatic rings. The number of unbranched alkanes of at least 4 members (excludes halogenated alkanes) is 3. The second kappa shape index (κ2) is 19.2. The van der Waals surface area contributed by atoms with Crippen LogP contribution in [0.1, 0.15) is 86.5 Å². The zero-order chi connectivity index (χ0) is 36.0. The molecule has 268 valence electrons. The van der Waals surface area contributed by atoms with Crippen LogP contribution in [0.15, 0.2) is 102 Å². The fraction of sp³-hybridized carbons (Fsp3) is 0.341. The lowest BCUT2D eigenvalue weighted by molar-refractivity contribution is -0.245. The molecule has 4 aromatic carbocycles. The van der Waals surface area contributed by atoms with Crippen molar-refractivity contribution < 1.29 is 34.1 Å². The first-order valence-electron chi connectivity index (χ1n) is 17.4. The monoisotopic (exact) mass is 710 g/mol. The molecule has 10 heteroatoms. The molecule has 1 heterocycles. The molecule has 1 aliphatic rings. The number of aliphatic hydroxyl groups is 1. The Hall–Kier alpha value is -4.48. The second-order valence-corrected chi connectivity index (χ2v) is 13.8. The topological polar surface area (TPSA) is 134 Å². The highest BCUT2D eigenvalue weighted by Gasteiger charge is 2.32. The molecule has 3 atom stereocenters. The molecule has 0 unspecified atom stereocenters. The van der Waals surface area contributed by atoms with Crippen LogP contribution in [0, 0.1) is 0 Å². The van der Waals surface area contributed by atoms with Gasteiger partial charge in [-0.05, 0) is 64.9 Å². The normalized spacial score (nSPS) is 17.1. The molecule has 0 bridgehead atoms. The number of rotatable bonds is 17. The fourth-order valence-corrected chi connectivity index (χ4v) is 6.94. The molecule has 0 radical (unpaired) electrons. The molecule has 0 saturated carbocycles. The molecule has 1 aliphatic heterocycles. The number of thioether (sulfide) groups is 1. The lowest BCUT2D eigenvalue weighted by Gasteiger charge is -2.36. The summed E-state index contributed by atoms with van der Waals surface area (Å²) in [6, 6.07) is 31.8. The summed E-state index contributed by atoms with van der Waals surface area (Å²) in [5.41, 5.74) is 6.60. The third-order valence-electron chi connectivity index (χ3n) is 8.76. The SMILES string of the molecule is CC(=O)Nc1ccc(SC[C@H]2C[C@@H](c3ccc(CO)cc3)O[C@@H](c3ccc(-c4ccccc4CNC(=O)CCCCCCC(=O)O)cc3)O2)cc1. The predicted molar refractivity (Wildman–Crippen MR) is 199 cm³/mol. The van der Waals surface area contributed by atoms with Crippen LogP contribution < -0.4 is 10.6 Å². The average molecular weight is 711 g/mol. The van der Waals surface area contributed by atoms with Crippen LogP contribution in [-0.2, 0) is 37.0 Å². The third kappa shape index (κ3) is 11.8. The van der Waals surface area contributed by atoms with Crippen molar-refractivity contribution in [2.75, 3.05) is 11.1 Å². The molecule has 0 aromatic heterocycles. The van der Waals surface area contributed by atoms with E-state index < -0.39 is 12.3 Å². The van der Waals surface area contributed by atoms with E-state index >= 15 is 0 Å². The Morgan fingerprint density at radius 3 is 2.18 bits per heavy atom. The summed E-state index contributed by atoms with van der Waals surface area (Å²) in [6.45, 7) is 1.89. The Morgan fingerprint density at radius 1 is 0.804 bits per heavy atom. The summed E-state index contributed by atoms with van der Waals surface area (Å²) in [5.74, 6) is -0.185. The lowest BCUT2D eigenvalue weighted by atomic mass is 9.97. The van der Waals surface area contributed by atoms with Gasteiger partial charge in [0.1, 0.15) is 0 Å². The van der Waals surface area contributed by atoms with Gasteiger partial charge in [0.2, 0.25) is 11.8 Å². The van der Waals surface area contributed by atoms with Crippen LogP contribution in [0.25, 0.3) is 11.1 Å². The lowest BCUT2D eigenvalue weighted by Crippen LogP contribution is -2.31. The summed E-state index contributed by atoms with van der Waals surface area (Å²) < 4.78 is 13.1. The van der Waals surface area contributed by atoms with Crippen molar-refractivity contribution in [3.63, 3.8) is 0 Å². The maximum absolute atomic E-state index is 12.5. The van der Waals surface area contributed by atoms with Gasteiger partial charge in [0.05, 0.1) is 18.8 Å². The minimum absolute atomic E-state index is 0.0136. The molecular weight excluding hydrogens is 665 g/mol. The number of hydrogen-bond donors (Lipinski definition) is 4. The van der Waals surface area contributed by atoms with E-state index in [1.165, 1.54) is 6.92 Å². The third-order valence-corrected chi connectivity index (χ3v) is 9.90. The summed E-state index contributed by atoms with van der Waals surface area (Å²) in [7, 11) is 0. The number of nitrogens with one attached hydrogen (secondary N) is 2. The van der Waals surface area contributed by atoms with Crippen molar-refractivity contribution in [1.82, 2.24) is 5.32 Å². The molecule has 1 saturated heterocycles. The van der Waals surface area contributed by atoms with Gasteiger partial charge in [-0.25, -0.2) is 0 Å². The Balaban J connectivity index is 1.23. The number of anilines is 1. The van der Waals surface area contributed by atoms with Gasteiger partial charge < -0.3 is 30.3 Å². The highest BCUT2D eigenvalue weighted by molar-refractivity contribution is 7.99. The Morgan fingerprint density at radius 2 is 1.49 bits per heavy atom. The highest BCUT2D eigenvalue weighted by atomic mass is 32.2. The Bertz CT molecular complexity index is 1730. The van der Waals surface area contributed by atoms with Crippen molar-refractivity contribution in [3.8, 4) is 11.1 Å². The van der Waals surface area contributed by atoms with Gasteiger partial charge in [-0.15, -0.1) is 11.8 Å². The number of carbonyl (C=O) groups excluding carboxylic acids is 2. The van der Waals surface area contributed by atoms with Gasteiger partial charge >= 0.3 is 5.97 Å². The van der Waals surface area contributed by atoms with Gasteiger partial charge in [-0.3, -0.25) is 14.4 Å². The van der Waals surface area contributed by atoms with Crippen molar-refractivity contribution in [3.05, 3.63) is 119 Å². The highest BCUT2D eigenvalue weighted by Crippen LogP contribution is 2.40. The molecule has 5 rings (SSSR count). The summed E-state index contributed by atoms with van der Waals surface area (Å²) in [6.07, 6.45) is 3.41. The van der Waals surface area contributed by atoms with E-state index in [4.69, 9.17) is 14.6 Å². The number of carboxylic acid groups (broad SMARTS) is 1. The van der Waals surface area contributed by atoms with Crippen LogP contribution in [-0.4, -0.2) is 39.9 Å². The first kappa shape index (κ1) is 37.8. The van der Waals surface area contributed by atoms with Crippen molar-refractivity contribution in [1.29, 1.82) is 0 Å². The van der Waals surface area contributed by atoms with Crippen LogP contribution in [0.4, 0.5) is 5.69 Å². The molecule has 4 N–H and O–H groups in total. The van der Waals surface area contributed by atoms with E-state index in [1.807, 2.05) is 78.9 Å². The number of amides is 2. The molecule has 51 heavy (non-hydrogen) atoms. The maximum Gasteiger partial charge on any atom is 0.303 e. The standard InChI is InChI=1S/C41H46N2O7S/c1-28(45)43-34-20-22-36(23-21-34)51-27-35-24-38(31-14-12-29(26-44)13-15-31)50-41(49-35)32-18-16-30(17-19-32)37-9-7-6-8-33(37)25-42-39(46)10-4-2-3-5-11-40(47)48/h6-9,12-23,35,38,41,44H,2-5,10-11,24-27H2,1H3,(H,42,46)(H,43,45)(H,47,48)/t35-,38+,41+/m1/s1. The summed E-state index contributed by atoms with van der Waals surface area (Å²) in [4.78, 5) is 35.7. The quantitative estimate of drug-likeness (QED) is 0.0637. The molecule has 9 nitrogen and oxygen atoms in total. The number of aliphatic carboxylic acids is 1. The van der Waals surface area contributed by atoms with Gasteiger partial charge in [-0.2, -0.15) is 0 Å².